The Balaban J connectivity index is 1.85. The number of anilines is 1. The zero-order valence-electron chi connectivity index (χ0n) is 7.65. The number of piperidine rings is 1. The lowest BCUT2D eigenvalue weighted by Gasteiger charge is -2.48. The Kier molecular flexibility index (Phi) is 1.67. The second kappa shape index (κ2) is 2.88. The summed E-state index contributed by atoms with van der Waals surface area (Å²) < 4.78 is 13.3. The highest BCUT2D eigenvalue weighted by Crippen LogP contribution is 2.25. The molecule has 14 heavy (non-hydrogen) atoms. The smallest absolute Gasteiger partial charge is 0.183 e. The van der Waals surface area contributed by atoms with Crippen LogP contribution in [0.2, 0.25) is 0 Å². The molecule has 74 valence electrons. The first-order chi connectivity index (χ1) is 6.83. The Morgan fingerprint density at radius 1 is 1.43 bits per heavy atom. The summed E-state index contributed by atoms with van der Waals surface area (Å²) in [7, 11) is 0. The minimum Gasteiger partial charge on any atom is -0.351 e. The molecule has 0 amide bonds. The molecule has 3 saturated heterocycles. The molecule has 1 aromatic rings. The number of piperazine rings is 1. The van der Waals surface area contributed by atoms with E-state index >= 15 is 0 Å². The van der Waals surface area contributed by atoms with E-state index in [1.54, 1.807) is 0 Å². The molecule has 3 aliphatic heterocycles. The van der Waals surface area contributed by atoms with Gasteiger partial charge in [0.1, 0.15) is 6.33 Å². The minimum absolute atomic E-state index is 0.325. The van der Waals surface area contributed by atoms with Gasteiger partial charge in [-0.2, -0.15) is 0 Å². The van der Waals surface area contributed by atoms with Gasteiger partial charge in [-0.05, 0) is 6.42 Å². The normalized spacial score (nSPS) is 29.9. The van der Waals surface area contributed by atoms with E-state index in [9.17, 15) is 4.39 Å². The maximum Gasteiger partial charge on any atom is 0.183 e. The lowest BCUT2D eigenvalue weighted by atomic mass is 9.91. The highest BCUT2D eigenvalue weighted by atomic mass is 19.1. The zero-order chi connectivity index (χ0) is 9.54. The minimum atomic E-state index is -0.325. The molecule has 1 aromatic heterocycles. The molecule has 0 spiro atoms. The monoisotopic (exact) mass is 194 g/mol. The second-order valence-corrected chi connectivity index (χ2v) is 3.90. The van der Waals surface area contributed by atoms with Crippen LogP contribution in [0, 0.1) is 5.82 Å². The number of halogens is 1. The number of hydrogen-bond donors (Lipinski definition) is 1. The van der Waals surface area contributed by atoms with Crippen LogP contribution in [0.4, 0.5) is 10.2 Å². The van der Waals surface area contributed by atoms with E-state index in [4.69, 9.17) is 0 Å². The summed E-state index contributed by atoms with van der Waals surface area (Å²) in [6, 6.07) is 1.03. The van der Waals surface area contributed by atoms with Crippen molar-refractivity contribution in [3.63, 3.8) is 0 Å². The maximum atomic E-state index is 13.3. The maximum absolute atomic E-state index is 13.3. The molecule has 0 radical (unpaired) electrons. The lowest BCUT2D eigenvalue weighted by Crippen LogP contribution is -2.67. The molecule has 0 saturated carbocycles. The van der Waals surface area contributed by atoms with Crippen molar-refractivity contribution in [2.24, 2.45) is 0 Å². The van der Waals surface area contributed by atoms with Crippen molar-refractivity contribution in [3.8, 4) is 0 Å². The molecule has 2 atom stereocenters. The van der Waals surface area contributed by atoms with Gasteiger partial charge in [0.2, 0.25) is 0 Å². The van der Waals surface area contributed by atoms with Crippen LogP contribution in [0.5, 0.6) is 0 Å². The number of nitrogens with one attached hydrogen (secondary N) is 1. The first kappa shape index (κ1) is 8.11. The van der Waals surface area contributed by atoms with Crippen molar-refractivity contribution in [1.29, 1.82) is 0 Å². The van der Waals surface area contributed by atoms with Crippen LogP contribution in [0.1, 0.15) is 6.42 Å². The fourth-order valence-corrected chi connectivity index (χ4v) is 2.23. The van der Waals surface area contributed by atoms with Crippen LogP contribution in [0.3, 0.4) is 0 Å². The molecule has 2 bridgehead atoms. The van der Waals surface area contributed by atoms with E-state index in [1.807, 2.05) is 4.90 Å². The average Bonchev–Trinajstić information content (AvgIpc) is 2.17. The van der Waals surface area contributed by atoms with Crippen molar-refractivity contribution in [2.75, 3.05) is 18.0 Å². The van der Waals surface area contributed by atoms with Crippen molar-refractivity contribution >= 4 is 5.82 Å². The Bertz CT molecular complexity index is 340. The molecule has 4 nitrogen and oxygen atoms in total. The molecule has 0 aliphatic carbocycles. The first-order valence-electron chi connectivity index (χ1n) is 4.79. The number of hydrogen-bond acceptors (Lipinski definition) is 4. The largest absolute Gasteiger partial charge is 0.351 e. The summed E-state index contributed by atoms with van der Waals surface area (Å²) in [6.07, 6.45) is 3.82. The SMILES string of the molecule is Fc1cncnc1N1CC2CC(C1)N2. The van der Waals surface area contributed by atoms with Crippen LogP contribution in [0.25, 0.3) is 0 Å². The summed E-state index contributed by atoms with van der Waals surface area (Å²) in [4.78, 5) is 9.60. The predicted octanol–water partition coefficient (Wildman–Crippen LogP) is 0.166. The average molecular weight is 194 g/mol. The van der Waals surface area contributed by atoms with Gasteiger partial charge < -0.3 is 10.2 Å². The summed E-state index contributed by atoms with van der Waals surface area (Å²) in [5, 5.41) is 3.39. The summed E-state index contributed by atoms with van der Waals surface area (Å²) in [6.45, 7) is 1.70. The highest BCUT2D eigenvalue weighted by Gasteiger charge is 2.37. The van der Waals surface area contributed by atoms with Gasteiger partial charge in [-0.15, -0.1) is 0 Å². The zero-order valence-corrected chi connectivity index (χ0v) is 7.65. The molecule has 5 heteroatoms. The Morgan fingerprint density at radius 2 is 2.14 bits per heavy atom. The molecule has 1 N–H and O–H groups in total. The molecule has 3 aliphatic rings. The van der Waals surface area contributed by atoms with Crippen molar-refractivity contribution < 1.29 is 4.39 Å². The van der Waals surface area contributed by atoms with E-state index in [-0.39, 0.29) is 5.82 Å². The molecule has 4 rings (SSSR count). The van der Waals surface area contributed by atoms with E-state index in [2.05, 4.69) is 15.3 Å². The quantitative estimate of drug-likeness (QED) is 0.691. The van der Waals surface area contributed by atoms with Gasteiger partial charge in [0.25, 0.3) is 0 Å². The molecular formula is C9H11FN4. The predicted molar refractivity (Wildman–Crippen MR) is 49.5 cm³/mol. The van der Waals surface area contributed by atoms with Gasteiger partial charge in [0.05, 0.1) is 6.20 Å². The van der Waals surface area contributed by atoms with E-state index in [0.717, 1.165) is 13.1 Å². The molecule has 3 fully saturated rings. The van der Waals surface area contributed by atoms with Gasteiger partial charge >= 0.3 is 0 Å². The van der Waals surface area contributed by atoms with E-state index in [0.29, 0.717) is 17.9 Å². The van der Waals surface area contributed by atoms with Gasteiger partial charge in [0, 0.05) is 25.2 Å². The number of aromatic nitrogens is 2. The van der Waals surface area contributed by atoms with Crippen molar-refractivity contribution in [1.82, 2.24) is 15.3 Å². The lowest BCUT2D eigenvalue weighted by molar-refractivity contribution is 0.224. The molecule has 4 heterocycles. The van der Waals surface area contributed by atoms with Crippen LogP contribution in [-0.2, 0) is 0 Å². The molecular weight excluding hydrogens is 183 g/mol. The van der Waals surface area contributed by atoms with E-state index < -0.39 is 0 Å². The number of rotatable bonds is 1. The molecule has 0 aromatic carbocycles. The van der Waals surface area contributed by atoms with Crippen LogP contribution >= 0.6 is 0 Å². The van der Waals surface area contributed by atoms with Crippen LogP contribution < -0.4 is 10.2 Å². The Morgan fingerprint density at radius 3 is 2.79 bits per heavy atom. The first-order valence-corrected chi connectivity index (χ1v) is 4.79. The van der Waals surface area contributed by atoms with Crippen LogP contribution in [0.15, 0.2) is 12.5 Å². The van der Waals surface area contributed by atoms with Gasteiger partial charge in [-0.1, -0.05) is 0 Å². The highest BCUT2D eigenvalue weighted by molar-refractivity contribution is 5.41. The van der Waals surface area contributed by atoms with Gasteiger partial charge in [-0.25, -0.2) is 14.4 Å². The van der Waals surface area contributed by atoms with Crippen molar-refractivity contribution in [3.05, 3.63) is 18.3 Å². The number of fused-ring (bicyclic) bond motifs is 2. The standard InChI is InChI=1S/C9H11FN4/c10-8-2-11-5-12-9(8)14-3-6-1-7(4-14)13-6/h2,5-7,13H,1,3-4H2. The van der Waals surface area contributed by atoms with Crippen LogP contribution in [-0.4, -0.2) is 35.1 Å². The Labute approximate surface area is 81.2 Å². The topological polar surface area (TPSA) is 41.1 Å². The fraction of sp³-hybridized carbons (Fsp3) is 0.556. The van der Waals surface area contributed by atoms with E-state index in [1.165, 1.54) is 18.9 Å². The van der Waals surface area contributed by atoms with Gasteiger partial charge in [0.15, 0.2) is 11.6 Å². The summed E-state index contributed by atoms with van der Waals surface area (Å²) >= 11 is 0. The third kappa shape index (κ3) is 1.16. The van der Waals surface area contributed by atoms with Gasteiger partial charge in [-0.3, -0.25) is 0 Å². The fourth-order valence-electron chi connectivity index (χ4n) is 2.23. The second-order valence-electron chi connectivity index (χ2n) is 3.90. The van der Waals surface area contributed by atoms with Crippen molar-refractivity contribution in [2.45, 2.75) is 18.5 Å². The summed E-state index contributed by atoms with van der Waals surface area (Å²) in [5.41, 5.74) is 0. The summed E-state index contributed by atoms with van der Waals surface area (Å²) in [5.74, 6) is 0.116. The third-order valence-corrected chi connectivity index (χ3v) is 2.87. The third-order valence-electron chi connectivity index (χ3n) is 2.87. The number of nitrogens with zero attached hydrogens (tertiary/aromatic N) is 3. The molecule has 2 unspecified atom stereocenters. The Hall–Kier alpha value is -1.23.